The van der Waals surface area contributed by atoms with Gasteiger partial charge in [0.2, 0.25) is 15.9 Å². The van der Waals surface area contributed by atoms with Crippen LogP contribution < -0.4 is 9.62 Å². The van der Waals surface area contributed by atoms with Crippen LogP contribution in [0.5, 0.6) is 0 Å². The van der Waals surface area contributed by atoms with E-state index in [-0.39, 0.29) is 11.7 Å². The lowest BCUT2D eigenvalue weighted by atomic mass is 10.2. The van der Waals surface area contributed by atoms with Crippen molar-refractivity contribution in [3.05, 3.63) is 28.8 Å². The number of rotatable bonds is 6. The number of carbonyl (C=O) groups is 1. The molecule has 0 saturated heterocycles. The van der Waals surface area contributed by atoms with Crippen molar-refractivity contribution in [3.8, 4) is 0 Å². The zero-order valence-electron chi connectivity index (χ0n) is 13.3. The van der Waals surface area contributed by atoms with Gasteiger partial charge < -0.3 is 5.32 Å². The summed E-state index contributed by atoms with van der Waals surface area (Å²) >= 11 is 5.53. The molecule has 1 rings (SSSR count). The predicted molar refractivity (Wildman–Crippen MR) is 86.5 cm³/mol. The molecule has 0 spiro atoms. The summed E-state index contributed by atoms with van der Waals surface area (Å²) in [6.07, 6.45) is -3.30. The molecule has 0 fully saturated rings. The van der Waals surface area contributed by atoms with Gasteiger partial charge in [-0.05, 0) is 31.5 Å². The van der Waals surface area contributed by atoms with Crippen molar-refractivity contribution in [1.82, 2.24) is 5.32 Å². The third-order valence-corrected chi connectivity index (χ3v) is 4.72. The largest absolute Gasteiger partial charge is 0.417 e. The highest BCUT2D eigenvalue weighted by molar-refractivity contribution is 7.92. The third kappa shape index (κ3) is 5.55. The molecule has 0 bridgehead atoms. The molecule has 0 radical (unpaired) electrons. The average Bonchev–Trinajstić information content (AvgIpc) is 2.43. The number of hydrogen-bond donors (Lipinski definition) is 1. The van der Waals surface area contributed by atoms with Crippen LogP contribution in [0.4, 0.5) is 18.9 Å². The maximum Gasteiger partial charge on any atom is 0.417 e. The van der Waals surface area contributed by atoms with E-state index in [4.69, 9.17) is 11.6 Å². The Hall–Kier alpha value is -1.48. The van der Waals surface area contributed by atoms with Gasteiger partial charge in [0.1, 0.15) is 6.54 Å². The van der Waals surface area contributed by atoms with Gasteiger partial charge in [0.05, 0.1) is 22.5 Å². The van der Waals surface area contributed by atoms with Crippen LogP contribution in [-0.2, 0) is 21.0 Å². The summed E-state index contributed by atoms with van der Waals surface area (Å²) in [6, 6.07) is 2.49. The van der Waals surface area contributed by atoms with Crippen molar-refractivity contribution in [2.24, 2.45) is 0 Å². The minimum absolute atomic E-state index is 0.185. The van der Waals surface area contributed by atoms with E-state index < -0.39 is 39.2 Å². The number of nitrogens with one attached hydrogen (secondary N) is 1. The fourth-order valence-electron chi connectivity index (χ4n) is 1.84. The Labute approximate surface area is 143 Å². The molecule has 0 heterocycles. The molecule has 0 aromatic heterocycles. The smallest absolute Gasteiger partial charge is 0.352 e. The highest BCUT2D eigenvalue weighted by atomic mass is 35.5. The van der Waals surface area contributed by atoms with Gasteiger partial charge in [0.15, 0.2) is 0 Å². The second-order valence-electron chi connectivity index (χ2n) is 5.31. The van der Waals surface area contributed by atoms with Crippen LogP contribution in [0.25, 0.3) is 0 Å². The number of hydrogen-bond acceptors (Lipinski definition) is 3. The van der Waals surface area contributed by atoms with E-state index in [1.54, 1.807) is 6.92 Å². The fourth-order valence-corrected chi connectivity index (χ4v) is 2.91. The van der Waals surface area contributed by atoms with Gasteiger partial charge in [0, 0.05) is 6.04 Å². The van der Waals surface area contributed by atoms with Crippen LogP contribution in [0.15, 0.2) is 18.2 Å². The highest BCUT2D eigenvalue weighted by Gasteiger charge is 2.34. The standard InChI is InChI=1S/C14H18ClF3N2O3S/c1-4-9(2)19-13(21)8-20(24(3,22)23)10-5-6-12(15)11(7-10)14(16,17)18/h5-7,9H,4,8H2,1-3H3,(H,19,21)/t9-/m0/s1. The van der Waals surface area contributed by atoms with Crippen molar-refractivity contribution in [2.75, 3.05) is 17.1 Å². The molecule has 24 heavy (non-hydrogen) atoms. The third-order valence-electron chi connectivity index (χ3n) is 3.25. The van der Waals surface area contributed by atoms with Crippen LogP contribution in [0, 0.1) is 0 Å². The van der Waals surface area contributed by atoms with Gasteiger partial charge in [-0.2, -0.15) is 13.2 Å². The van der Waals surface area contributed by atoms with Crippen LogP contribution in [0.2, 0.25) is 5.02 Å². The van der Waals surface area contributed by atoms with E-state index in [2.05, 4.69) is 5.32 Å². The van der Waals surface area contributed by atoms with Gasteiger partial charge >= 0.3 is 6.18 Å². The number of sulfonamides is 1. The maximum atomic E-state index is 12.9. The number of benzene rings is 1. The van der Waals surface area contributed by atoms with E-state index in [0.717, 1.165) is 18.4 Å². The zero-order valence-corrected chi connectivity index (χ0v) is 14.9. The Bertz CT molecular complexity index is 708. The zero-order chi connectivity index (χ0) is 18.7. The monoisotopic (exact) mass is 386 g/mol. The minimum Gasteiger partial charge on any atom is -0.352 e. The number of halogens is 4. The molecule has 1 N–H and O–H groups in total. The molecule has 136 valence electrons. The van der Waals surface area contributed by atoms with Crippen LogP contribution >= 0.6 is 11.6 Å². The maximum absolute atomic E-state index is 12.9. The average molecular weight is 387 g/mol. The molecule has 1 aromatic carbocycles. The first-order chi connectivity index (χ1) is 10.9. The van der Waals surface area contributed by atoms with Crippen LogP contribution in [0.1, 0.15) is 25.8 Å². The van der Waals surface area contributed by atoms with Crippen molar-refractivity contribution in [3.63, 3.8) is 0 Å². The number of alkyl halides is 3. The summed E-state index contributed by atoms with van der Waals surface area (Å²) < 4.78 is 63.2. The summed E-state index contributed by atoms with van der Waals surface area (Å²) in [4.78, 5) is 11.9. The predicted octanol–water partition coefficient (Wildman–Crippen LogP) is 3.04. The van der Waals surface area contributed by atoms with Gasteiger partial charge in [-0.15, -0.1) is 0 Å². The van der Waals surface area contributed by atoms with Crippen LogP contribution in [0.3, 0.4) is 0 Å². The quantitative estimate of drug-likeness (QED) is 0.817. The first-order valence-corrected chi connectivity index (χ1v) is 9.22. The molecule has 0 saturated carbocycles. The second-order valence-corrected chi connectivity index (χ2v) is 7.62. The summed E-state index contributed by atoms with van der Waals surface area (Å²) in [5, 5.41) is 2.01. The van der Waals surface area contributed by atoms with Gasteiger partial charge in [-0.3, -0.25) is 9.10 Å². The molecule has 0 aliphatic carbocycles. The SMILES string of the molecule is CC[C@H](C)NC(=O)CN(c1ccc(Cl)c(C(F)(F)F)c1)S(C)(=O)=O. The fraction of sp³-hybridized carbons (Fsp3) is 0.500. The lowest BCUT2D eigenvalue weighted by Crippen LogP contribution is -2.43. The van der Waals surface area contributed by atoms with Gasteiger partial charge in [0.25, 0.3) is 0 Å². The number of amides is 1. The molecule has 0 aliphatic rings. The highest BCUT2D eigenvalue weighted by Crippen LogP contribution is 2.37. The van der Waals surface area contributed by atoms with Gasteiger partial charge in [-0.1, -0.05) is 18.5 Å². The summed E-state index contributed by atoms with van der Waals surface area (Å²) in [5.41, 5.74) is -1.45. The normalized spacial score (nSPS) is 13.5. The summed E-state index contributed by atoms with van der Waals surface area (Å²) in [7, 11) is -3.97. The Morgan fingerprint density at radius 2 is 1.96 bits per heavy atom. The van der Waals surface area contributed by atoms with E-state index in [0.29, 0.717) is 16.8 Å². The van der Waals surface area contributed by atoms with Crippen molar-refractivity contribution < 1.29 is 26.4 Å². The molecule has 1 amide bonds. The first kappa shape index (κ1) is 20.6. The second kappa shape index (κ2) is 7.60. The van der Waals surface area contributed by atoms with Crippen molar-refractivity contribution in [1.29, 1.82) is 0 Å². The lowest BCUT2D eigenvalue weighted by molar-refractivity contribution is -0.137. The lowest BCUT2D eigenvalue weighted by Gasteiger charge is -2.24. The van der Waals surface area contributed by atoms with Crippen LogP contribution in [-0.4, -0.2) is 33.2 Å². The van der Waals surface area contributed by atoms with Crippen molar-refractivity contribution in [2.45, 2.75) is 32.5 Å². The molecule has 1 atom stereocenters. The first-order valence-electron chi connectivity index (χ1n) is 7.00. The molecule has 5 nitrogen and oxygen atoms in total. The molecule has 1 aromatic rings. The minimum atomic E-state index is -4.74. The van der Waals surface area contributed by atoms with Gasteiger partial charge in [-0.25, -0.2) is 8.42 Å². The Balaban J connectivity index is 3.22. The molecular formula is C14H18ClF3N2O3S. The summed E-state index contributed by atoms with van der Waals surface area (Å²) in [6.45, 7) is 2.93. The van der Waals surface area contributed by atoms with E-state index in [1.807, 2.05) is 6.92 Å². The molecule has 0 unspecified atom stereocenters. The molecule has 10 heteroatoms. The van der Waals surface area contributed by atoms with E-state index >= 15 is 0 Å². The number of nitrogens with zero attached hydrogens (tertiary/aromatic N) is 1. The Morgan fingerprint density at radius 3 is 2.42 bits per heavy atom. The Kier molecular flexibility index (Phi) is 6.52. The summed E-state index contributed by atoms with van der Waals surface area (Å²) in [5.74, 6) is -0.613. The van der Waals surface area contributed by atoms with E-state index in [1.165, 1.54) is 0 Å². The van der Waals surface area contributed by atoms with E-state index in [9.17, 15) is 26.4 Å². The Morgan fingerprint density at radius 1 is 1.38 bits per heavy atom. The number of carbonyl (C=O) groups excluding carboxylic acids is 1. The number of anilines is 1. The molecular weight excluding hydrogens is 369 g/mol. The van der Waals surface area contributed by atoms with Crippen molar-refractivity contribution >= 4 is 33.2 Å². The molecule has 0 aliphatic heterocycles. The topological polar surface area (TPSA) is 66.5 Å².